The average Bonchev–Trinajstić information content (AvgIpc) is 0.924. The number of hydrogen-bond acceptors (Lipinski definition) is 19. The minimum absolute atomic E-state index is 0.00776. The van der Waals surface area contributed by atoms with Gasteiger partial charge in [0.25, 0.3) is 0 Å². The fourth-order valence-electron chi connectivity index (χ4n) is 17.8. The zero-order valence-corrected chi connectivity index (χ0v) is 54.5. The van der Waals surface area contributed by atoms with E-state index in [1.165, 1.54) is 28.7 Å². The highest BCUT2D eigenvalue weighted by Gasteiger charge is 2.66. The number of methoxy groups -OCH3 is 1. The monoisotopic (exact) mass is 1300 g/mol. The molecule has 11 aliphatic rings. The molecule has 1 aromatic heterocycles. The van der Waals surface area contributed by atoms with Crippen LogP contribution in [0.1, 0.15) is 137 Å². The van der Waals surface area contributed by atoms with Gasteiger partial charge < -0.3 is 79.7 Å². The van der Waals surface area contributed by atoms with Gasteiger partial charge in [0.15, 0.2) is 29.8 Å². The summed E-state index contributed by atoms with van der Waals surface area (Å²) in [6.45, 7) is 2.63. The minimum atomic E-state index is -1.13. The van der Waals surface area contributed by atoms with Gasteiger partial charge in [-0.15, -0.1) is 5.92 Å². The molecule has 10 N–H and O–H groups in total. The minimum Gasteiger partial charge on any atom is -0.504 e. The van der Waals surface area contributed by atoms with E-state index in [1.54, 1.807) is 22.9 Å². The maximum atomic E-state index is 14.1. The molecule has 3 aromatic carbocycles. The van der Waals surface area contributed by atoms with Crippen molar-refractivity contribution in [2.45, 2.75) is 177 Å². The van der Waals surface area contributed by atoms with Gasteiger partial charge in [0.1, 0.15) is 13.5 Å². The van der Waals surface area contributed by atoms with Gasteiger partial charge in [0.2, 0.25) is 11.7 Å². The molecule has 89 heavy (non-hydrogen) atoms. The number of aliphatic hydroxyl groups excluding tert-OH is 6. The number of carbonyl (C=O) groups excluding carboxylic acids is 1. The number of phenols is 2. The summed E-state index contributed by atoms with van der Waals surface area (Å²) in [4.78, 5) is 14.1. The number of hydrogen-bond donors (Lipinski definition) is 10. The highest BCUT2D eigenvalue weighted by molar-refractivity contribution is 8.77. The van der Waals surface area contributed by atoms with Crippen molar-refractivity contribution in [2.24, 2.45) is 52.3 Å². The SMILES string of the molecule is COc1cc(C[C@@H]2[C@H](O)CSS[C@@H]3C[C@@H](O)c4cccc5cn(cc45)COCCC[C@H]4NC(=O)[C@H]5CSSC[C@@H]6NCCC#C[C@]78C[C@H](C)CC[C@@H]7[C@H](CC[C@@]87C[C@@H](CC[C@H]67)Oc6cc(c3cc6O)CC[C@H](OCO)C[C@H]2O)C[C@H](O)[C@@H]54)cc(OCO)c1O. The third-order valence-electron chi connectivity index (χ3n) is 21.9. The molecule has 486 valence electrons. The molecule has 15 rings (SSSR count). The summed E-state index contributed by atoms with van der Waals surface area (Å²) in [5, 5.41) is 102. The molecule has 0 unspecified atom stereocenters. The van der Waals surface area contributed by atoms with Crippen molar-refractivity contribution >= 4 is 59.9 Å². The van der Waals surface area contributed by atoms with Crippen LogP contribution in [0, 0.1) is 64.1 Å². The number of amides is 1. The van der Waals surface area contributed by atoms with Crippen molar-refractivity contribution in [3.63, 3.8) is 0 Å². The largest absolute Gasteiger partial charge is 0.504 e. The zero-order chi connectivity index (χ0) is 62.0. The predicted octanol–water partition coefficient (Wildman–Crippen LogP) is 9.56. The first-order valence-electron chi connectivity index (χ1n) is 32.5. The Morgan fingerprint density at radius 1 is 0.831 bits per heavy atom. The molecule has 17 nitrogen and oxygen atoms in total. The molecule has 18 atom stereocenters. The average molecular weight is 1300 g/mol. The number of nitrogens with one attached hydrogen (secondary N) is 2. The Bertz CT molecular complexity index is 3160. The second-order valence-corrected chi connectivity index (χ2v) is 32.1. The van der Waals surface area contributed by atoms with Crippen LogP contribution < -0.4 is 24.8 Å². The lowest BCUT2D eigenvalue weighted by Crippen LogP contribution is -2.64. The zero-order valence-electron chi connectivity index (χ0n) is 51.2. The molecule has 4 aromatic rings. The van der Waals surface area contributed by atoms with Crippen LogP contribution in [0.5, 0.6) is 28.7 Å². The van der Waals surface area contributed by atoms with Crippen LogP contribution in [0.4, 0.5) is 0 Å². The van der Waals surface area contributed by atoms with Crippen LogP contribution in [0.3, 0.4) is 0 Å². The Hall–Kier alpha value is -3.73. The molecule has 9 heterocycles. The third-order valence-corrected chi connectivity index (χ3v) is 27.1. The van der Waals surface area contributed by atoms with Crippen molar-refractivity contribution in [3.05, 3.63) is 77.1 Å². The van der Waals surface area contributed by atoms with Crippen LogP contribution in [-0.2, 0) is 33.8 Å². The summed E-state index contributed by atoms with van der Waals surface area (Å²) in [5.74, 6) is 9.76. The summed E-state index contributed by atoms with van der Waals surface area (Å²) in [6, 6.07) is 12.9. The molecule has 2 spiro atoms. The van der Waals surface area contributed by atoms with Crippen LogP contribution in [0.15, 0.2) is 54.9 Å². The van der Waals surface area contributed by atoms with E-state index in [-0.39, 0.29) is 119 Å². The lowest BCUT2D eigenvalue weighted by Gasteiger charge is -2.66. The summed E-state index contributed by atoms with van der Waals surface area (Å²) in [6.07, 6.45) is 10.6. The number of benzene rings is 3. The second-order valence-electron chi connectivity index (χ2n) is 26.9. The molecule has 6 fully saturated rings. The maximum absolute atomic E-state index is 14.1. The lowest BCUT2D eigenvalue weighted by molar-refractivity contribution is -0.167. The Morgan fingerprint density at radius 2 is 1.67 bits per heavy atom. The van der Waals surface area contributed by atoms with Crippen LogP contribution in [0.25, 0.3) is 10.8 Å². The number of aromatic hydroxyl groups is 2. The summed E-state index contributed by atoms with van der Waals surface area (Å²) >= 11 is 0. The van der Waals surface area contributed by atoms with Gasteiger partial charge in [-0.2, -0.15) is 0 Å². The summed E-state index contributed by atoms with van der Waals surface area (Å²) in [5.41, 5.74) is 2.37. The number of rotatable bonds is 7. The standard InChI is InChI=1S/C68H91N3O14S4/c1-39-10-14-51-42-16-18-68-30-45-13-15-52(68)54(69-19-4-3-17-67(51,68)29-39)34-87-86-33-50-64(58(77)24-42)53(70-66(50)80)9-6-20-82-36-71-31-43-7-5-8-46(49(43)32-71)56(75)28-63-47-27-57(76)60(85-45)25-41(47)11-12-44(83-37-72)26-55(74)48(59(78)35-88-89-63)21-40-22-61(81-2)65(79)62(23-40)84-38-73/h5,7-8,22-23,25,27,31-32,39,42,44-45,48,50-56,58-59,63-64,69,72-79H,4,6,9-16,18-21,24,26,28-30,33-38H2,1-2H3,(H,70,80)/t39-,42-,44+,45-,48+,50+,51-,52-,53-,54+,55-,56-,58+,59-,63-,64+,67+,68+/m1/s1. The molecule has 8 aliphatic heterocycles. The number of aryl methyl sites for hydroxylation is 1. The van der Waals surface area contributed by atoms with Crippen LogP contribution in [-0.4, -0.2) is 145 Å². The number of aliphatic hydroxyl groups is 6. The maximum Gasteiger partial charge on any atom is 0.224 e. The van der Waals surface area contributed by atoms with E-state index in [0.29, 0.717) is 61.7 Å². The molecule has 0 radical (unpaired) electrons. The summed E-state index contributed by atoms with van der Waals surface area (Å²) < 4.78 is 32.6. The first-order chi connectivity index (χ1) is 43.2. The first kappa shape index (κ1) is 65.3. The van der Waals surface area contributed by atoms with Crippen molar-refractivity contribution in [1.29, 1.82) is 0 Å². The molecular weight excluding hydrogens is 1210 g/mol. The summed E-state index contributed by atoms with van der Waals surface area (Å²) in [7, 11) is 7.94. The fraction of sp³-hybridized carbons (Fsp3) is 0.662. The van der Waals surface area contributed by atoms with Crippen molar-refractivity contribution < 1.29 is 69.3 Å². The van der Waals surface area contributed by atoms with Gasteiger partial charge in [-0.05, 0) is 177 Å². The van der Waals surface area contributed by atoms with Crippen LogP contribution in [0.2, 0.25) is 0 Å². The Labute approximate surface area is 539 Å². The number of carbonyl (C=O) groups is 1. The molecular formula is C68H91N3O14S4. The van der Waals surface area contributed by atoms with Gasteiger partial charge in [0, 0.05) is 89.2 Å². The van der Waals surface area contributed by atoms with Gasteiger partial charge in [0.05, 0.1) is 49.7 Å². The Balaban J connectivity index is 0.944. The molecule has 3 saturated carbocycles. The highest BCUT2D eigenvalue weighted by Crippen LogP contribution is 2.70. The fourth-order valence-corrected chi connectivity index (χ4v) is 23.4. The molecule has 3 saturated heterocycles. The quantitative estimate of drug-likeness (QED) is 0.0470. The van der Waals surface area contributed by atoms with Crippen molar-refractivity contribution in [3.8, 4) is 40.6 Å². The van der Waals surface area contributed by atoms with Gasteiger partial charge in [-0.3, -0.25) is 4.79 Å². The number of phenolic OH excluding ortho intramolecular Hbond substituents is 2. The lowest BCUT2D eigenvalue weighted by atomic mass is 9.38. The van der Waals surface area contributed by atoms with Crippen LogP contribution >= 0.6 is 43.2 Å². The van der Waals surface area contributed by atoms with Crippen molar-refractivity contribution in [1.82, 2.24) is 15.2 Å². The molecule has 3 aliphatic carbocycles. The third kappa shape index (κ3) is 13.7. The topological polar surface area (TPSA) is 254 Å². The first-order valence-corrected chi connectivity index (χ1v) is 37.4. The van der Waals surface area contributed by atoms with E-state index in [0.717, 1.165) is 97.5 Å². The number of nitrogens with zero attached hydrogens (tertiary/aromatic N) is 1. The number of fused-ring (bicyclic) bond motifs is 4. The van der Waals surface area contributed by atoms with E-state index in [4.69, 9.17) is 23.7 Å². The molecule has 12 bridgehead atoms. The molecule has 21 heteroatoms. The highest BCUT2D eigenvalue weighted by atomic mass is 33.1. The van der Waals surface area contributed by atoms with E-state index in [9.17, 15) is 45.6 Å². The normalized spacial score (nSPS) is 36.5. The predicted molar refractivity (Wildman–Crippen MR) is 349 cm³/mol. The van der Waals surface area contributed by atoms with Crippen molar-refractivity contribution in [2.75, 3.05) is 51.1 Å². The second kappa shape index (κ2) is 28.9. The number of aromatic nitrogens is 1. The molecule has 1 amide bonds. The van der Waals surface area contributed by atoms with Gasteiger partial charge >= 0.3 is 0 Å². The number of ether oxygens (including phenoxy) is 5. The van der Waals surface area contributed by atoms with E-state index in [1.807, 2.05) is 58.1 Å². The Kier molecular flexibility index (Phi) is 21.2. The van der Waals surface area contributed by atoms with Gasteiger partial charge in [-0.25, -0.2) is 0 Å². The van der Waals surface area contributed by atoms with E-state index < -0.39 is 55.3 Å². The van der Waals surface area contributed by atoms with E-state index in [2.05, 4.69) is 29.4 Å². The smallest absolute Gasteiger partial charge is 0.224 e. The van der Waals surface area contributed by atoms with Gasteiger partial charge in [-0.1, -0.05) is 80.6 Å². The van der Waals surface area contributed by atoms with E-state index >= 15 is 0 Å². The Morgan fingerprint density at radius 3 is 2.52 bits per heavy atom.